The highest BCUT2D eigenvalue weighted by Crippen LogP contribution is 2.25. The number of hydrogen-bond donors (Lipinski definition) is 1. The van der Waals surface area contributed by atoms with Gasteiger partial charge in [0.2, 0.25) is 5.91 Å². The fraction of sp³-hybridized carbons (Fsp3) is 0.500. The molecule has 0 saturated carbocycles. The third-order valence-corrected chi connectivity index (χ3v) is 5.64. The van der Waals surface area contributed by atoms with E-state index in [1.807, 2.05) is 24.3 Å². The zero-order chi connectivity index (χ0) is 14.2. The van der Waals surface area contributed by atoms with Gasteiger partial charge in [0, 0.05) is 25.3 Å². The highest BCUT2D eigenvalue weighted by Gasteiger charge is 2.31. The second-order valence-corrected chi connectivity index (χ2v) is 7.72. The van der Waals surface area contributed by atoms with Crippen molar-refractivity contribution < 1.29 is 13.2 Å². The van der Waals surface area contributed by atoms with E-state index in [9.17, 15) is 13.2 Å². The molecular formula is C14H18N2O3S. The number of anilines is 1. The van der Waals surface area contributed by atoms with Crippen molar-refractivity contribution in [3.8, 4) is 0 Å². The van der Waals surface area contributed by atoms with Crippen LogP contribution < -0.4 is 5.32 Å². The smallest absolute Gasteiger partial charge is 0.227 e. The Labute approximate surface area is 118 Å². The summed E-state index contributed by atoms with van der Waals surface area (Å²) < 4.78 is 22.8. The van der Waals surface area contributed by atoms with Gasteiger partial charge in [-0.25, -0.2) is 8.42 Å². The van der Waals surface area contributed by atoms with Gasteiger partial charge in [-0.2, -0.15) is 0 Å². The van der Waals surface area contributed by atoms with E-state index < -0.39 is 9.84 Å². The van der Waals surface area contributed by atoms with Crippen LogP contribution in [0, 0.1) is 5.92 Å². The topological polar surface area (TPSA) is 66.5 Å². The summed E-state index contributed by atoms with van der Waals surface area (Å²) in [6, 6.07) is 8.00. The SMILES string of the molecule is O=C(C1CNc2ccccc2C1)N1CCS(=O)(=O)CC1. The van der Waals surface area contributed by atoms with Crippen LogP contribution >= 0.6 is 0 Å². The van der Waals surface area contributed by atoms with Gasteiger partial charge < -0.3 is 10.2 Å². The third kappa shape index (κ3) is 2.65. The van der Waals surface area contributed by atoms with Crippen LogP contribution in [0.3, 0.4) is 0 Å². The van der Waals surface area contributed by atoms with Crippen LogP contribution in [0.1, 0.15) is 5.56 Å². The molecule has 6 heteroatoms. The van der Waals surface area contributed by atoms with E-state index in [0.717, 1.165) is 17.7 Å². The van der Waals surface area contributed by atoms with Crippen molar-refractivity contribution in [3.05, 3.63) is 29.8 Å². The first kappa shape index (κ1) is 13.4. The first-order valence-electron chi connectivity index (χ1n) is 6.86. The van der Waals surface area contributed by atoms with Crippen LogP contribution in [-0.2, 0) is 21.1 Å². The lowest BCUT2D eigenvalue weighted by Crippen LogP contribution is -2.48. The van der Waals surface area contributed by atoms with Gasteiger partial charge in [-0.15, -0.1) is 0 Å². The maximum absolute atomic E-state index is 12.5. The van der Waals surface area contributed by atoms with Gasteiger partial charge in [-0.3, -0.25) is 4.79 Å². The standard InChI is InChI=1S/C14H18N2O3S/c17-14(16-5-7-20(18,19)8-6-16)12-9-11-3-1-2-4-13(11)15-10-12/h1-4,12,15H,5-10H2. The maximum atomic E-state index is 12.5. The van der Waals surface area contributed by atoms with Crippen molar-refractivity contribution in [2.24, 2.45) is 5.92 Å². The highest BCUT2D eigenvalue weighted by atomic mass is 32.2. The predicted molar refractivity (Wildman–Crippen MR) is 77.4 cm³/mol. The van der Waals surface area contributed by atoms with Crippen molar-refractivity contribution in [1.82, 2.24) is 4.90 Å². The fourth-order valence-corrected chi connectivity index (χ4v) is 4.01. The van der Waals surface area contributed by atoms with Gasteiger partial charge in [0.25, 0.3) is 0 Å². The summed E-state index contributed by atoms with van der Waals surface area (Å²) in [5.74, 6) is 0.165. The van der Waals surface area contributed by atoms with Crippen molar-refractivity contribution >= 4 is 21.4 Å². The minimum Gasteiger partial charge on any atom is -0.384 e. The largest absolute Gasteiger partial charge is 0.384 e. The Balaban J connectivity index is 1.68. The molecule has 5 nitrogen and oxygen atoms in total. The Kier molecular flexibility index (Phi) is 3.41. The Bertz CT molecular complexity index is 613. The number of hydrogen-bond acceptors (Lipinski definition) is 4. The molecule has 0 radical (unpaired) electrons. The number of para-hydroxylation sites is 1. The lowest BCUT2D eigenvalue weighted by Gasteiger charge is -2.32. The monoisotopic (exact) mass is 294 g/mol. The Morgan fingerprint density at radius 2 is 1.90 bits per heavy atom. The number of fused-ring (bicyclic) bond motifs is 1. The number of carbonyl (C=O) groups excluding carboxylic acids is 1. The molecule has 0 aromatic heterocycles. The minimum atomic E-state index is -2.94. The number of nitrogens with zero attached hydrogens (tertiary/aromatic N) is 1. The van der Waals surface area contributed by atoms with E-state index in [1.54, 1.807) is 4.90 Å². The number of nitrogens with one attached hydrogen (secondary N) is 1. The Morgan fingerprint density at radius 3 is 2.65 bits per heavy atom. The first-order chi connectivity index (χ1) is 9.55. The summed E-state index contributed by atoms with van der Waals surface area (Å²) >= 11 is 0. The summed E-state index contributed by atoms with van der Waals surface area (Å²) in [5.41, 5.74) is 2.25. The molecule has 0 aliphatic carbocycles. The maximum Gasteiger partial charge on any atom is 0.227 e. The highest BCUT2D eigenvalue weighted by molar-refractivity contribution is 7.91. The predicted octanol–water partition coefficient (Wildman–Crippen LogP) is 0.528. The molecule has 1 N–H and O–H groups in total. The number of benzene rings is 1. The van der Waals surface area contributed by atoms with Crippen LogP contribution in [-0.4, -0.2) is 50.4 Å². The summed E-state index contributed by atoms with van der Waals surface area (Å²) in [7, 11) is -2.94. The molecule has 2 aliphatic heterocycles. The fourth-order valence-electron chi connectivity index (χ4n) is 2.81. The van der Waals surface area contributed by atoms with Crippen molar-refractivity contribution in [2.45, 2.75) is 6.42 Å². The molecule has 0 bridgehead atoms. The van der Waals surface area contributed by atoms with Gasteiger partial charge in [-0.05, 0) is 18.1 Å². The summed E-state index contributed by atoms with van der Waals surface area (Å²) in [6.07, 6.45) is 0.727. The van der Waals surface area contributed by atoms with Crippen LogP contribution in [0.15, 0.2) is 24.3 Å². The molecule has 1 fully saturated rings. The normalized spacial score (nSPS) is 24.6. The minimum absolute atomic E-state index is 0.0712. The van der Waals surface area contributed by atoms with Crippen LogP contribution in [0.2, 0.25) is 0 Å². The van der Waals surface area contributed by atoms with Gasteiger partial charge >= 0.3 is 0 Å². The molecule has 1 aromatic rings. The van der Waals surface area contributed by atoms with Crippen molar-refractivity contribution in [1.29, 1.82) is 0 Å². The number of carbonyl (C=O) groups is 1. The zero-order valence-electron chi connectivity index (χ0n) is 11.2. The molecule has 1 aromatic carbocycles. The second kappa shape index (κ2) is 5.09. The molecule has 20 heavy (non-hydrogen) atoms. The zero-order valence-corrected chi connectivity index (χ0v) is 12.0. The molecule has 1 amide bonds. The van der Waals surface area contributed by atoms with Crippen LogP contribution in [0.4, 0.5) is 5.69 Å². The Hall–Kier alpha value is -1.56. The third-order valence-electron chi connectivity index (χ3n) is 4.03. The van der Waals surface area contributed by atoms with Gasteiger partial charge in [0.1, 0.15) is 0 Å². The van der Waals surface area contributed by atoms with Gasteiger partial charge in [-0.1, -0.05) is 18.2 Å². The second-order valence-electron chi connectivity index (χ2n) is 5.42. The lowest BCUT2D eigenvalue weighted by molar-refractivity contribution is -0.134. The van der Waals surface area contributed by atoms with E-state index in [0.29, 0.717) is 19.6 Å². The van der Waals surface area contributed by atoms with Crippen LogP contribution in [0.5, 0.6) is 0 Å². The average Bonchev–Trinajstić information content (AvgIpc) is 2.46. The Morgan fingerprint density at radius 1 is 1.20 bits per heavy atom. The average molecular weight is 294 g/mol. The summed E-state index contributed by atoms with van der Waals surface area (Å²) in [5, 5.41) is 3.28. The number of rotatable bonds is 1. The van der Waals surface area contributed by atoms with E-state index >= 15 is 0 Å². The summed E-state index contributed by atoms with van der Waals surface area (Å²) in [4.78, 5) is 14.2. The molecule has 108 valence electrons. The summed E-state index contributed by atoms with van der Waals surface area (Å²) in [6.45, 7) is 1.29. The van der Waals surface area contributed by atoms with E-state index in [4.69, 9.17) is 0 Å². The van der Waals surface area contributed by atoms with E-state index in [1.165, 1.54) is 0 Å². The molecule has 1 atom stereocenters. The molecular weight excluding hydrogens is 276 g/mol. The van der Waals surface area contributed by atoms with E-state index in [-0.39, 0.29) is 23.3 Å². The van der Waals surface area contributed by atoms with Gasteiger partial charge in [0.05, 0.1) is 17.4 Å². The number of amides is 1. The molecule has 3 rings (SSSR count). The first-order valence-corrected chi connectivity index (χ1v) is 8.68. The van der Waals surface area contributed by atoms with Crippen molar-refractivity contribution in [3.63, 3.8) is 0 Å². The molecule has 1 unspecified atom stereocenters. The van der Waals surface area contributed by atoms with Crippen molar-refractivity contribution in [2.75, 3.05) is 36.5 Å². The van der Waals surface area contributed by atoms with Crippen LogP contribution in [0.25, 0.3) is 0 Å². The number of sulfone groups is 1. The van der Waals surface area contributed by atoms with Gasteiger partial charge in [0.15, 0.2) is 9.84 Å². The lowest BCUT2D eigenvalue weighted by atomic mass is 9.93. The molecule has 0 spiro atoms. The molecule has 2 heterocycles. The molecule has 1 saturated heterocycles. The molecule has 2 aliphatic rings. The quantitative estimate of drug-likeness (QED) is 0.820. The van der Waals surface area contributed by atoms with E-state index in [2.05, 4.69) is 5.32 Å².